The number of hydrogen-bond donors (Lipinski definition) is 0. The second-order valence-corrected chi connectivity index (χ2v) is 6.14. The molecule has 0 spiro atoms. The Morgan fingerprint density at radius 1 is 1.08 bits per heavy atom. The fourth-order valence-electron chi connectivity index (χ4n) is 2.36. The predicted molar refractivity (Wildman–Crippen MR) is 94.9 cm³/mol. The number of aromatic nitrogens is 2. The van der Waals surface area contributed by atoms with E-state index in [2.05, 4.69) is 34.6 Å². The number of benzene rings is 2. The summed E-state index contributed by atoms with van der Waals surface area (Å²) in [5, 5.41) is 0. The van der Waals surface area contributed by atoms with Gasteiger partial charge in [0.25, 0.3) is 0 Å². The molecule has 2 aromatic carbocycles. The minimum Gasteiger partial charge on any atom is -1.00 e. The maximum absolute atomic E-state index is 12.3. The van der Waals surface area contributed by atoms with Gasteiger partial charge in [0.15, 0.2) is 6.54 Å². The second-order valence-electron chi connectivity index (χ2n) is 5.22. The molecule has 0 aliphatic heterocycles. The lowest BCUT2D eigenvalue weighted by molar-refractivity contribution is -0.682. The molecule has 3 aromatic rings. The predicted octanol–water partition coefficient (Wildman–Crippen LogP) is 1.19. The van der Waals surface area contributed by atoms with E-state index in [0.717, 1.165) is 15.6 Å². The second kappa shape index (κ2) is 8.22. The Kier molecular flexibility index (Phi) is 6.29. The van der Waals surface area contributed by atoms with E-state index in [0.29, 0.717) is 12.1 Å². The largest absolute Gasteiger partial charge is 1.00 e. The van der Waals surface area contributed by atoms with E-state index >= 15 is 0 Å². The molecule has 122 valence electrons. The zero-order chi connectivity index (χ0) is 16.2. The van der Waals surface area contributed by atoms with Crippen LogP contribution in [0.4, 0.5) is 0 Å². The average Bonchev–Trinajstić information content (AvgIpc) is 3.03. The van der Waals surface area contributed by atoms with Gasteiger partial charge in [-0.1, -0.05) is 58.9 Å². The number of ketones is 1. The Bertz CT molecular complexity index is 837. The summed E-state index contributed by atoms with van der Waals surface area (Å²) in [4.78, 5) is 12.3. The number of hydrogen-bond acceptors (Lipinski definition) is 1. The Hall–Kier alpha value is -1.98. The van der Waals surface area contributed by atoms with Crippen molar-refractivity contribution in [2.45, 2.75) is 6.54 Å². The summed E-state index contributed by atoms with van der Waals surface area (Å²) < 4.78 is 4.70. The monoisotopic (exact) mass is 446 g/mol. The summed E-state index contributed by atoms with van der Waals surface area (Å²) >= 11 is 3.43. The number of rotatable bonds is 5. The van der Waals surface area contributed by atoms with Gasteiger partial charge in [-0.2, -0.15) is 0 Å². The van der Waals surface area contributed by atoms with Crippen molar-refractivity contribution in [2.75, 3.05) is 0 Å². The third-order valence-corrected chi connectivity index (χ3v) is 4.16. The average molecular weight is 448 g/mol. The van der Waals surface area contributed by atoms with Crippen LogP contribution < -0.4 is 21.5 Å². The summed E-state index contributed by atoms with van der Waals surface area (Å²) in [6, 6.07) is 15.8. The topological polar surface area (TPSA) is 25.9 Å². The van der Waals surface area contributed by atoms with Crippen LogP contribution in [0.15, 0.2) is 78.3 Å². The van der Waals surface area contributed by atoms with Crippen molar-refractivity contribution in [3.63, 3.8) is 0 Å². The Labute approximate surface area is 160 Å². The zero-order valence-corrected chi connectivity index (χ0v) is 16.1. The molecule has 0 atom stereocenters. The van der Waals surface area contributed by atoms with Gasteiger partial charge in [0.2, 0.25) is 12.1 Å². The normalized spacial score (nSPS) is 10.0. The smallest absolute Gasteiger partial charge is 0.248 e. The maximum atomic E-state index is 12.3. The lowest BCUT2D eigenvalue weighted by Gasteiger charge is -2.04. The van der Waals surface area contributed by atoms with E-state index in [4.69, 9.17) is 0 Å². The van der Waals surface area contributed by atoms with Gasteiger partial charge in [-0.3, -0.25) is 4.79 Å². The number of imidazole rings is 1. The van der Waals surface area contributed by atoms with Crippen LogP contribution in [0, 0.1) is 0 Å². The summed E-state index contributed by atoms with van der Waals surface area (Å²) in [5.74, 6) is 0.0826. The van der Waals surface area contributed by atoms with E-state index in [9.17, 15) is 4.79 Å². The first-order chi connectivity index (χ1) is 11.2. The van der Waals surface area contributed by atoms with Crippen molar-refractivity contribution in [1.29, 1.82) is 0 Å². The molecular formula is C19H16Br2N2O. The van der Waals surface area contributed by atoms with Gasteiger partial charge in [0.1, 0.15) is 12.4 Å². The van der Waals surface area contributed by atoms with Gasteiger partial charge < -0.3 is 17.0 Å². The third kappa shape index (κ3) is 4.30. The fourth-order valence-corrected chi connectivity index (χ4v) is 2.62. The van der Waals surface area contributed by atoms with Crippen LogP contribution in [0.3, 0.4) is 0 Å². The minimum atomic E-state index is 0. The Morgan fingerprint density at radius 3 is 2.21 bits per heavy atom. The van der Waals surface area contributed by atoms with Crippen LogP contribution in [0.2, 0.25) is 0 Å². The molecule has 0 N–H and O–H groups in total. The van der Waals surface area contributed by atoms with Crippen molar-refractivity contribution < 1.29 is 26.3 Å². The Balaban J connectivity index is 0.00000208. The number of carbonyl (C=O) groups is 1. The molecule has 0 aliphatic rings. The molecule has 0 aliphatic carbocycles. The zero-order valence-electron chi connectivity index (χ0n) is 12.9. The summed E-state index contributed by atoms with van der Waals surface area (Å²) in [5.41, 5.74) is 2.94. The molecule has 0 saturated heterocycles. The van der Waals surface area contributed by atoms with Crippen LogP contribution >= 0.6 is 15.9 Å². The fraction of sp³-hybridized carbons (Fsp3) is 0.0526. The first-order valence-corrected chi connectivity index (χ1v) is 8.03. The summed E-state index contributed by atoms with van der Waals surface area (Å²) in [6.45, 7) is 4.01. The summed E-state index contributed by atoms with van der Waals surface area (Å²) in [6.07, 6.45) is 7.24. The van der Waals surface area contributed by atoms with Crippen molar-refractivity contribution in [1.82, 2.24) is 4.57 Å². The van der Waals surface area contributed by atoms with Gasteiger partial charge in [0, 0.05) is 10.0 Å². The maximum Gasteiger partial charge on any atom is 0.248 e. The van der Waals surface area contributed by atoms with Crippen LogP contribution in [-0.4, -0.2) is 10.4 Å². The highest BCUT2D eigenvalue weighted by atomic mass is 79.9. The van der Waals surface area contributed by atoms with Gasteiger partial charge in [-0.15, -0.1) is 0 Å². The minimum absolute atomic E-state index is 0. The van der Waals surface area contributed by atoms with Crippen LogP contribution in [0.25, 0.3) is 17.3 Å². The standard InChI is InChI=1S/C19H16BrN2O.BrH/c1-2-21-11-12-22(14-21)13-19(23)17-5-3-15(4-6-17)16-7-9-18(20)10-8-16;/h2-12,14H,1,13H2;1H/q+1;/p-1. The van der Waals surface area contributed by atoms with Crippen LogP contribution in [-0.2, 0) is 6.54 Å². The molecule has 0 saturated carbocycles. The number of halogens is 2. The molecule has 3 nitrogen and oxygen atoms in total. The van der Waals surface area contributed by atoms with Crippen molar-refractivity contribution in [3.8, 4) is 11.1 Å². The molecule has 1 heterocycles. The lowest BCUT2D eigenvalue weighted by Crippen LogP contribution is -3.00. The van der Waals surface area contributed by atoms with E-state index in [1.165, 1.54) is 0 Å². The molecule has 5 heteroatoms. The highest BCUT2D eigenvalue weighted by Crippen LogP contribution is 2.22. The quantitative estimate of drug-likeness (QED) is 0.426. The first kappa shape index (κ1) is 18.4. The van der Waals surface area contributed by atoms with Crippen molar-refractivity contribution in [3.05, 3.63) is 83.9 Å². The van der Waals surface area contributed by atoms with E-state index < -0.39 is 0 Å². The van der Waals surface area contributed by atoms with E-state index in [1.807, 2.05) is 64.3 Å². The number of nitrogens with zero attached hydrogens (tertiary/aromatic N) is 2. The molecule has 0 amide bonds. The lowest BCUT2D eigenvalue weighted by atomic mass is 10.0. The SMILES string of the molecule is C=Cn1cc[n+](CC(=O)c2ccc(-c3ccc(Br)cc3)cc2)c1.[Br-]. The number of Topliss-reactive ketones (excluding diaryl/α,β-unsaturated/α-hetero) is 1. The van der Waals surface area contributed by atoms with Crippen molar-refractivity contribution >= 4 is 27.9 Å². The first-order valence-electron chi connectivity index (χ1n) is 7.24. The van der Waals surface area contributed by atoms with Gasteiger partial charge in [0.05, 0.1) is 6.20 Å². The van der Waals surface area contributed by atoms with Gasteiger partial charge in [-0.05, 0) is 23.3 Å². The molecule has 0 unspecified atom stereocenters. The molecule has 0 radical (unpaired) electrons. The summed E-state index contributed by atoms with van der Waals surface area (Å²) in [7, 11) is 0. The number of carbonyl (C=O) groups excluding carboxylic acids is 1. The molecular weight excluding hydrogens is 432 g/mol. The van der Waals surface area contributed by atoms with Crippen molar-refractivity contribution in [2.24, 2.45) is 0 Å². The van der Waals surface area contributed by atoms with Gasteiger partial charge >= 0.3 is 0 Å². The highest BCUT2D eigenvalue weighted by Gasteiger charge is 2.11. The third-order valence-electron chi connectivity index (χ3n) is 3.63. The van der Waals surface area contributed by atoms with E-state index in [-0.39, 0.29) is 22.8 Å². The molecule has 24 heavy (non-hydrogen) atoms. The molecule has 3 rings (SSSR count). The molecule has 0 bridgehead atoms. The molecule has 1 aromatic heterocycles. The highest BCUT2D eigenvalue weighted by molar-refractivity contribution is 9.10. The van der Waals surface area contributed by atoms with Crippen LogP contribution in [0.1, 0.15) is 10.4 Å². The van der Waals surface area contributed by atoms with Crippen LogP contribution in [0.5, 0.6) is 0 Å². The van der Waals surface area contributed by atoms with Gasteiger partial charge in [-0.25, -0.2) is 9.13 Å². The van der Waals surface area contributed by atoms with E-state index in [1.54, 1.807) is 6.20 Å². The molecule has 0 fully saturated rings. The Morgan fingerprint density at radius 2 is 1.67 bits per heavy atom.